The Morgan fingerprint density at radius 2 is 1.57 bits per heavy atom. The molecule has 0 radical (unpaired) electrons. The predicted octanol–water partition coefficient (Wildman–Crippen LogP) is 2.65. The van der Waals surface area contributed by atoms with Crippen LogP contribution in [0.4, 0.5) is 0 Å². The van der Waals surface area contributed by atoms with E-state index >= 15 is 0 Å². The normalized spacial score (nSPS) is 16.0. The fourth-order valence-corrected chi connectivity index (χ4v) is 4.60. The van der Waals surface area contributed by atoms with Crippen molar-refractivity contribution in [1.82, 2.24) is 14.1 Å². The van der Waals surface area contributed by atoms with Crippen LogP contribution in [0, 0.1) is 0 Å². The number of carbonyl (C=O) groups excluding carboxylic acids is 1. The largest absolute Gasteiger partial charge is 0.338 e. The summed E-state index contributed by atoms with van der Waals surface area (Å²) in [6.45, 7) is 5.40. The monoisotopic (exact) mass is 427 g/mol. The highest BCUT2D eigenvalue weighted by Crippen LogP contribution is 2.12. The Morgan fingerprint density at radius 1 is 0.967 bits per heavy atom. The van der Waals surface area contributed by atoms with Gasteiger partial charge in [0.1, 0.15) is 0 Å². The summed E-state index contributed by atoms with van der Waals surface area (Å²) in [5.74, 6) is 0.0710. The topological polar surface area (TPSA) is 60.9 Å². The van der Waals surface area contributed by atoms with Crippen molar-refractivity contribution < 1.29 is 13.2 Å². The molecular weight excluding hydrogens is 398 g/mol. The number of sulfonamides is 1. The van der Waals surface area contributed by atoms with Crippen molar-refractivity contribution in [2.75, 3.05) is 39.3 Å². The van der Waals surface area contributed by atoms with Gasteiger partial charge in [0.05, 0.1) is 6.54 Å². The Balaban J connectivity index is 1.51. The van der Waals surface area contributed by atoms with Crippen LogP contribution < -0.4 is 0 Å². The second-order valence-corrected chi connectivity index (χ2v) is 9.15. The van der Waals surface area contributed by atoms with E-state index in [9.17, 15) is 13.2 Å². The molecule has 1 saturated heterocycles. The van der Waals surface area contributed by atoms with Gasteiger partial charge >= 0.3 is 0 Å². The number of hydrogen-bond acceptors (Lipinski definition) is 4. The zero-order valence-electron chi connectivity index (χ0n) is 17.4. The van der Waals surface area contributed by atoms with E-state index in [1.807, 2.05) is 77.4 Å². The second kappa shape index (κ2) is 10.5. The quantitative estimate of drug-likeness (QED) is 0.650. The van der Waals surface area contributed by atoms with Crippen molar-refractivity contribution >= 4 is 22.0 Å². The maximum absolute atomic E-state index is 12.7. The van der Waals surface area contributed by atoms with Gasteiger partial charge in [-0.1, -0.05) is 60.7 Å². The highest BCUT2D eigenvalue weighted by atomic mass is 32.2. The Labute approximate surface area is 179 Å². The molecule has 1 fully saturated rings. The van der Waals surface area contributed by atoms with Crippen LogP contribution in [0.25, 0.3) is 6.08 Å². The third-order valence-corrected chi connectivity index (χ3v) is 6.80. The molecule has 0 saturated carbocycles. The fourth-order valence-electron chi connectivity index (χ4n) is 3.43. The highest BCUT2D eigenvalue weighted by molar-refractivity contribution is 7.92. The Bertz CT molecular complexity index is 938. The molecule has 1 aliphatic heterocycles. The van der Waals surface area contributed by atoms with Crippen LogP contribution in [0.15, 0.2) is 66.1 Å². The smallest absolute Gasteiger partial charge is 0.237 e. The van der Waals surface area contributed by atoms with Crippen molar-refractivity contribution in [2.24, 2.45) is 0 Å². The van der Waals surface area contributed by atoms with Gasteiger partial charge in [-0.25, -0.2) is 8.42 Å². The van der Waals surface area contributed by atoms with Crippen LogP contribution in [0.1, 0.15) is 18.1 Å². The van der Waals surface area contributed by atoms with Crippen molar-refractivity contribution in [1.29, 1.82) is 0 Å². The molecule has 6 nitrogen and oxygen atoms in total. The van der Waals surface area contributed by atoms with Crippen molar-refractivity contribution in [3.63, 3.8) is 0 Å². The van der Waals surface area contributed by atoms with E-state index < -0.39 is 10.0 Å². The molecule has 0 N–H and O–H groups in total. The van der Waals surface area contributed by atoms with E-state index in [1.54, 1.807) is 6.08 Å². The average molecular weight is 428 g/mol. The van der Waals surface area contributed by atoms with E-state index in [1.165, 1.54) is 9.71 Å². The van der Waals surface area contributed by atoms with E-state index in [0.29, 0.717) is 45.8 Å². The fraction of sp³-hybridized carbons (Fsp3) is 0.348. The number of carbonyl (C=O) groups is 1. The predicted molar refractivity (Wildman–Crippen MR) is 120 cm³/mol. The van der Waals surface area contributed by atoms with Crippen LogP contribution in [0.5, 0.6) is 0 Å². The molecular formula is C23H29N3O3S. The summed E-state index contributed by atoms with van der Waals surface area (Å²) in [5.41, 5.74) is 1.96. The lowest BCUT2D eigenvalue weighted by atomic mass is 10.2. The highest BCUT2D eigenvalue weighted by Gasteiger charge is 2.26. The number of hydrogen-bond donors (Lipinski definition) is 0. The van der Waals surface area contributed by atoms with Crippen LogP contribution >= 0.6 is 0 Å². The number of rotatable bonds is 8. The first kappa shape index (κ1) is 22.2. The van der Waals surface area contributed by atoms with Gasteiger partial charge in [0.2, 0.25) is 15.9 Å². The van der Waals surface area contributed by atoms with Gasteiger partial charge < -0.3 is 4.90 Å². The summed E-state index contributed by atoms with van der Waals surface area (Å²) < 4.78 is 26.7. The molecule has 0 bridgehead atoms. The van der Waals surface area contributed by atoms with Crippen molar-refractivity contribution in [3.05, 3.63) is 77.2 Å². The molecule has 1 amide bonds. The van der Waals surface area contributed by atoms with Gasteiger partial charge in [-0.15, -0.1) is 0 Å². The summed E-state index contributed by atoms with van der Waals surface area (Å²) >= 11 is 0. The molecule has 0 aliphatic carbocycles. The molecule has 7 heteroatoms. The number of likely N-dealkylation sites (N-methyl/N-ethyl adjacent to an activating group) is 1. The van der Waals surface area contributed by atoms with Crippen LogP contribution in [0.3, 0.4) is 0 Å². The number of nitrogens with zero attached hydrogens (tertiary/aromatic N) is 3. The second-order valence-electron chi connectivity index (χ2n) is 7.33. The first-order valence-corrected chi connectivity index (χ1v) is 11.8. The standard InChI is InChI=1S/C23H29N3O3S/c1-2-25(19-22-11-7-4-8-12-22)23(27)20-24-14-16-26(17-15-24)30(28,29)18-13-21-9-5-3-6-10-21/h3-13,18H,2,14-17,19-20H2,1H3/b18-13+. The lowest BCUT2D eigenvalue weighted by molar-refractivity contribution is -0.133. The van der Waals surface area contributed by atoms with Gasteiger partial charge in [-0.05, 0) is 24.1 Å². The molecule has 0 atom stereocenters. The molecule has 2 aromatic rings. The minimum Gasteiger partial charge on any atom is -0.338 e. The Hall–Kier alpha value is -2.48. The van der Waals surface area contributed by atoms with Gasteiger partial charge in [-0.3, -0.25) is 9.69 Å². The maximum Gasteiger partial charge on any atom is 0.237 e. The summed E-state index contributed by atoms with van der Waals surface area (Å²) in [5, 5.41) is 1.27. The molecule has 0 spiro atoms. The minimum absolute atomic E-state index is 0.0710. The van der Waals surface area contributed by atoms with Crippen molar-refractivity contribution in [3.8, 4) is 0 Å². The number of benzene rings is 2. The van der Waals surface area contributed by atoms with E-state index in [2.05, 4.69) is 0 Å². The van der Waals surface area contributed by atoms with E-state index in [4.69, 9.17) is 0 Å². The number of amides is 1. The molecule has 0 aromatic heterocycles. The summed E-state index contributed by atoms with van der Waals surface area (Å²) in [7, 11) is -3.46. The SMILES string of the molecule is CCN(Cc1ccccc1)C(=O)CN1CCN(S(=O)(=O)/C=C/c2ccccc2)CC1. The van der Waals surface area contributed by atoms with E-state index in [0.717, 1.165) is 11.1 Å². The van der Waals surface area contributed by atoms with Gasteiger partial charge in [0.15, 0.2) is 0 Å². The summed E-state index contributed by atoms with van der Waals surface area (Å²) in [6.07, 6.45) is 1.62. The van der Waals surface area contributed by atoms with Crippen molar-refractivity contribution in [2.45, 2.75) is 13.5 Å². The third kappa shape index (κ3) is 6.26. The first-order chi connectivity index (χ1) is 14.5. The zero-order chi connectivity index (χ0) is 21.4. The van der Waals surface area contributed by atoms with Gasteiger partial charge in [0.25, 0.3) is 0 Å². The third-order valence-electron chi connectivity index (χ3n) is 5.23. The van der Waals surface area contributed by atoms with Crippen LogP contribution in [0.2, 0.25) is 0 Å². The molecule has 2 aromatic carbocycles. The Kier molecular flexibility index (Phi) is 7.79. The molecule has 3 rings (SSSR count). The van der Waals surface area contributed by atoms with Gasteiger partial charge in [-0.2, -0.15) is 4.31 Å². The average Bonchev–Trinajstić information content (AvgIpc) is 2.78. The summed E-state index contributed by atoms with van der Waals surface area (Å²) in [6, 6.07) is 19.3. The Morgan fingerprint density at radius 3 is 2.17 bits per heavy atom. The van der Waals surface area contributed by atoms with Crippen LogP contribution in [-0.4, -0.2) is 67.7 Å². The lowest BCUT2D eigenvalue weighted by Crippen LogP contribution is -2.51. The molecule has 160 valence electrons. The lowest BCUT2D eigenvalue weighted by Gasteiger charge is -2.34. The zero-order valence-corrected chi connectivity index (χ0v) is 18.2. The molecule has 0 unspecified atom stereocenters. The van der Waals surface area contributed by atoms with Crippen LogP contribution in [-0.2, 0) is 21.4 Å². The molecule has 1 heterocycles. The molecule has 30 heavy (non-hydrogen) atoms. The number of piperazine rings is 1. The first-order valence-electron chi connectivity index (χ1n) is 10.3. The minimum atomic E-state index is -3.46. The van der Waals surface area contributed by atoms with Gasteiger partial charge in [0, 0.05) is 44.7 Å². The van der Waals surface area contributed by atoms with E-state index in [-0.39, 0.29) is 5.91 Å². The maximum atomic E-state index is 12.7. The summed E-state index contributed by atoms with van der Waals surface area (Å²) in [4.78, 5) is 16.6. The molecule has 1 aliphatic rings.